The molecule has 0 aliphatic carbocycles. The Bertz CT molecular complexity index is 523. The number of thiazole rings is 1. The lowest BCUT2D eigenvalue weighted by atomic mass is 10.2. The van der Waals surface area contributed by atoms with Gasteiger partial charge in [-0.15, -0.1) is 11.3 Å². The van der Waals surface area contributed by atoms with Gasteiger partial charge in [-0.25, -0.2) is 4.98 Å². The number of hydrogen-bond acceptors (Lipinski definition) is 7. The van der Waals surface area contributed by atoms with Crippen LogP contribution in [0.25, 0.3) is 11.6 Å². The lowest BCUT2D eigenvalue weighted by Gasteiger charge is -2.09. The van der Waals surface area contributed by atoms with Crippen molar-refractivity contribution in [2.24, 2.45) is 5.73 Å². The van der Waals surface area contributed by atoms with Crippen molar-refractivity contribution in [1.82, 2.24) is 15.1 Å². The second-order valence-corrected chi connectivity index (χ2v) is 5.06. The number of nitrogens with zero attached hydrogens (tertiary/aromatic N) is 3. The molecule has 0 fully saturated rings. The van der Waals surface area contributed by atoms with Gasteiger partial charge < -0.3 is 15.0 Å². The summed E-state index contributed by atoms with van der Waals surface area (Å²) >= 11 is 1.49. The molecule has 0 amide bonds. The molecule has 19 heavy (non-hydrogen) atoms. The number of nitrogens with two attached hydrogens (primary N) is 1. The van der Waals surface area contributed by atoms with Crippen LogP contribution < -0.4 is 5.73 Å². The zero-order valence-corrected chi connectivity index (χ0v) is 12.1. The van der Waals surface area contributed by atoms with Crippen molar-refractivity contribution in [2.45, 2.75) is 39.3 Å². The van der Waals surface area contributed by atoms with Gasteiger partial charge >= 0.3 is 0 Å². The predicted molar refractivity (Wildman–Crippen MR) is 72.7 cm³/mol. The second kappa shape index (κ2) is 6.23. The summed E-state index contributed by atoms with van der Waals surface area (Å²) in [5, 5.41) is 6.68. The van der Waals surface area contributed by atoms with Gasteiger partial charge in [0.15, 0.2) is 0 Å². The van der Waals surface area contributed by atoms with Crippen molar-refractivity contribution < 1.29 is 9.26 Å². The molecule has 0 radical (unpaired) electrons. The summed E-state index contributed by atoms with van der Waals surface area (Å²) in [5.74, 6) is 0.978. The topological polar surface area (TPSA) is 87.1 Å². The highest BCUT2D eigenvalue weighted by molar-refractivity contribution is 7.10. The van der Waals surface area contributed by atoms with Crippen LogP contribution in [0.1, 0.15) is 50.2 Å². The van der Waals surface area contributed by atoms with E-state index in [1.54, 1.807) is 0 Å². The molecule has 2 aromatic heterocycles. The molecule has 0 bridgehead atoms. The smallest absolute Gasteiger partial charge is 0.277 e. The van der Waals surface area contributed by atoms with Gasteiger partial charge in [0.1, 0.15) is 16.8 Å². The zero-order chi connectivity index (χ0) is 13.8. The van der Waals surface area contributed by atoms with Crippen LogP contribution in [-0.2, 0) is 4.74 Å². The Labute approximate surface area is 116 Å². The summed E-state index contributed by atoms with van der Waals surface area (Å²) in [5.41, 5.74) is 6.45. The van der Waals surface area contributed by atoms with E-state index in [-0.39, 0.29) is 12.1 Å². The van der Waals surface area contributed by atoms with Crippen molar-refractivity contribution >= 4 is 11.3 Å². The monoisotopic (exact) mass is 282 g/mol. The fraction of sp³-hybridized carbons (Fsp3) is 0.583. The molecule has 2 rings (SSSR count). The fourth-order valence-electron chi connectivity index (χ4n) is 1.64. The van der Waals surface area contributed by atoms with Crippen molar-refractivity contribution in [3.8, 4) is 11.6 Å². The van der Waals surface area contributed by atoms with Gasteiger partial charge in [-0.05, 0) is 20.3 Å². The van der Waals surface area contributed by atoms with E-state index in [0.717, 1.165) is 11.4 Å². The van der Waals surface area contributed by atoms with Crippen LogP contribution >= 0.6 is 11.3 Å². The van der Waals surface area contributed by atoms with E-state index in [9.17, 15) is 0 Å². The maximum absolute atomic E-state index is 5.78. The Morgan fingerprint density at radius 2 is 2.21 bits per heavy atom. The molecule has 0 spiro atoms. The normalized spacial score (nSPS) is 14.5. The molecule has 7 heteroatoms. The van der Waals surface area contributed by atoms with Crippen molar-refractivity contribution in [1.29, 1.82) is 0 Å². The highest BCUT2D eigenvalue weighted by Gasteiger charge is 2.19. The van der Waals surface area contributed by atoms with Gasteiger partial charge in [0.05, 0.1) is 6.04 Å². The summed E-state index contributed by atoms with van der Waals surface area (Å²) in [6, 6.07) is -0.0899. The minimum absolute atomic E-state index is 0.0899. The van der Waals surface area contributed by atoms with E-state index in [1.165, 1.54) is 11.3 Å². The summed E-state index contributed by atoms with van der Waals surface area (Å²) in [7, 11) is 0. The third kappa shape index (κ3) is 3.17. The first-order valence-electron chi connectivity index (χ1n) is 6.32. The van der Waals surface area contributed by atoms with E-state index in [1.807, 2.05) is 26.2 Å². The van der Waals surface area contributed by atoms with Crippen LogP contribution in [0.2, 0.25) is 0 Å². The SMILES string of the molecule is CCOC(CC)c1noc(-c2csc(C(C)N)n2)n1. The third-order valence-corrected chi connectivity index (χ3v) is 3.64. The number of rotatable bonds is 6. The van der Waals surface area contributed by atoms with Crippen LogP contribution in [0.3, 0.4) is 0 Å². The highest BCUT2D eigenvalue weighted by atomic mass is 32.1. The van der Waals surface area contributed by atoms with Crippen molar-refractivity contribution in [2.75, 3.05) is 6.61 Å². The van der Waals surface area contributed by atoms with Crippen LogP contribution in [0.4, 0.5) is 0 Å². The van der Waals surface area contributed by atoms with Crippen LogP contribution in [0, 0.1) is 0 Å². The van der Waals surface area contributed by atoms with Crippen LogP contribution in [0.15, 0.2) is 9.90 Å². The number of aromatic nitrogens is 3. The fourth-order valence-corrected chi connectivity index (χ4v) is 2.39. The first-order valence-corrected chi connectivity index (χ1v) is 7.20. The Kier molecular flexibility index (Phi) is 4.62. The largest absolute Gasteiger partial charge is 0.370 e. The molecule has 0 saturated carbocycles. The zero-order valence-electron chi connectivity index (χ0n) is 11.3. The number of ether oxygens (including phenoxy) is 1. The van der Waals surface area contributed by atoms with Gasteiger partial charge in [-0.2, -0.15) is 4.98 Å². The van der Waals surface area contributed by atoms with Crippen LogP contribution in [0.5, 0.6) is 0 Å². The molecule has 2 aromatic rings. The molecule has 2 heterocycles. The van der Waals surface area contributed by atoms with E-state index in [0.29, 0.717) is 24.0 Å². The maximum Gasteiger partial charge on any atom is 0.277 e. The molecule has 2 atom stereocenters. The summed E-state index contributed by atoms with van der Waals surface area (Å²) in [4.78, 5) is 8.72. The first-order chi connectivity index (χ1) is 9.15. The summed E-state index contributed by atoms with van der Waals surface area (Å²) in [6.45, 7) is 6.48. The lowest BCUT2D eigenvalue weighted by molar-refractivity contribution is 0.0518. The first kappa shape index (κ1) is 14.1. The molecule has 2 N–H and O–H groups in total. The van der Waals surface area contributed by atoms with Gasteiger partial charge in [0.25, 0.3) is 5.89 Å². The third-order valence-electron chi connectivity index (χ3n) is 2.60. The molecule has 6 nitrogen and oxygen atoms in total. The molecular weight excluding hydrogens is 264 g/mol. The van der Waals surface area contributed by atoms with Gasteiger partial charge in [0, 0.05) is 12.0 Å². The average Bonchev–Trinajstić information content (AvgIpc) is 3.03. The van der Waals surface area contributed by atoms with Gasteiger partial charge in [0.2, 0.25) is 5.82 Å². The Balaban J connectivity index is 2.19. The highest BCUT2D eigenvalue weighted by Crippen LogP contribution is 2.25. The van der Waals surface area contributed by atoms with E-state index in [4.69, 9.17) is 15.0 Å². The second-order valence-electron chi connectivity index (χ2n) is 4.17. The van der Waals surface area contributed by atoms with E-state index in [2.05, 4.69) is 15.1 Å². The van der Waals surface area contributed by atoms with Crippen LogP contribution in [-0.4, -0.2) is 21.7 Å². The quantitative estimate of drug-likeness (QED) is 0.876. The van der Waals surface area contributed by atoms with Crippen molar-refractivity contribution in [3.05, 3.63) is 16.2 Å². The van der Waals surface area contributed by atoms with E-state index >= 15 is 0 Å². The molecule has 104 valence electrons. The van der Waals surface area contributed by atoms with Gasteiger partial charge in [-0.3, -0.25) is 0 Å². The minimum Gasteiger partial charge on any atom is -0.370 e. The molecule has 0 aromatic carbocycles. The predicted octanol–water partition coefficient (Wildman–Crippen LogP) is 2.70. The molecule has 0 aliphatic heterocycles. The minimum atomic E-state index is -0.131. The summed E-state index contributed by atoms with van der Waals surface area (Å²) < 4.78 is 10.8. The summed E-state index contributed by atoms with van der Waals surface area (Å²) in [6.07, 6.45) is 0.670. The maximum atomic E-state index is 5.78. The molecule has 0 aliphatic rings. The standard InChI is InChI=1S/C12H18N4O2S/c1-4-9(17-5-2)10-15-11(18-16-10)8-6-19-12(14-8)7(3)13/h6-7,9H,4-5,13H2,1-3H3. The van der Waals surface area contributed by atoms with E-state index < -0.39 is 0 Å². The lowest BCUT2D eigenvalue weighted by Crippen LogP contribution is -2.05. The Morgan fingerprint density at radius 3 is 2.79 bits per heavy atom. The average molecular weight is 282 g/mol. The molecular formula is C12H18N4O2S. The molecule has 2 unspecified atom stereocenters. The molecule has 0 saturated heterocycles. The van der Waals surface area contributed by atoms with Gasteiger partial charge in [-0.1, -0.05) is 12.1 Å². The Hall–Kier alpha value is -1.31. The Morgan fingerprint density at radius 1 is 1.42 bits per heavy atom. The number of hydrogen-bond donors (Lipinski definition) is 1. The van der Waals surface area contributed by atoms with Crippen molar-refractivity contribution in [3.63, 3.8) is 0 Å².